The summed E-state index contributed by atoms with van der Waals surface area (Å²) in [6.45, 7) is 8.12. The first-order valence-electron chi connectivity index (χ1n) is 11.0. The molecule has 10 heteroatoms. The van der Waals surface area contributed by atoms with Crippen LogP contribution in [0.4, 0.5) is 15.8 Å². The zero-order valence-electron chi connectivity index (χ0n) is 19.1. The number of anilines is 2. The topological polar surface area (TPSA) is 88.2 Å². The van der Waals surface area contributed by atoms with Crippen LogP contribution in [0.2, 0.25) is 0 Å². The second-order valence-corrected chi connectivity index (χ2v) is 9.51. The highest BCUT2D eigenvalue weighted by molar-refractivity contribution is 7.89. The lowest BCUT2D eigenvalue weighted by molar-refractivity contribution is -0.122. The predicted molar refractivity (Wildman–Crippen MR) is 125 cm³/mol. The van der Waals surface area contributed by atoms with Crippen molar-refractivity contribution in [2.24, 2.45) is 0 Å². The third-order valence-corrected chi connectivity index (χ3v) is 7.46. The number of hydrogen-bond acceptors (Lipinski definition) is 6. The lowest BCUT2D eigenvalue weighted by Gasteiger charge is -2.31. The second-order valence-electron chi connectivity index (χ2n) is 7.57. The number of nitrogens with one attached hydrogen (secondary N) is 1. The first-order valence-corrected chi connectivity index (χ1v) is 12.4. The molecule has 1 fully saturated rings. The van der Waals surface area contributed by atoms with Crippen LogP contribution in [-0.2, 0) is 19.6 Å². The summed E-state index contributed by atoms with van der Waals surface area (Å²) in [6.07, 6.45) is -0.893. The molecule has 2 aromatic rings. The highest BCUT2D eigenvalue weighted by Crippen LogP contribution is 2.31. The van der Waals surface area contributed by atoms with Gasteiger partial charge in [-0.05, 0) is 49.4 Å². The normalized spacial score (nSPS) is 15.4. The van der Waals surface area contributed by atoms with Crippen molar-refractivity contribution in [1.82, 2.24) is 4.31 Å². The van der Waals surface area contributed by atoms with Gasteiger partial charge in [0.25, 0.3) is 5.91 Å². The molecular formula is C23H30FN3O5S. The van der Waals surface area contributed by atoms with Gasteiger partial charge in [0.2, 0.25) is 10.0 Å². The zero-order chi connectivity index (χ0) is 24.0. The number of rotatable bonds is 9. The quantitative estimate of drug-likeness (QED) is 0.595. The van der Waals surface area contributed by atoms with E-state index < -0.39 is 27.9 Å². The fourth-order valence-corrected chi connectivity index (χ4v) is 5.06. The second kappa shape index (κ2) is 11.0. The summed E-state index contributed by atoms with van der Waals surface area (Å²) in [5, 5.41) is 2.82. The van der Waals surface area contributed by atoms with E-state index in [1.807, 2.05) is 4.90 Å². The zero-order valence-corrected chi connectivity index (χ0v) is 19.9. The van der Waals surface area contributed by atoms with E-state index in [-0.39, 0.29) is 4.90 Å². The Bertz CT molecular complexity index is 1050. The van der Waals surface area contributed by atoms with E-state index >= 15 is 0 Å². The molecule has 180 valence electrons. The smallest absolute Gasteiger partial charge is 0.265 e. The molecular weight excluding hydrogens is 449 g/mol. The molecule has 1 amide bonds. The number of sulfonamides is 1. The predicted octanol–water partition coefficient (Wildman–Crippen LogP) is 3.10. The number of halogens is 1. The minimum Gasteiger partial charge on any atom is -0.481 e. The summed E-state index contributed by atoms with van der Waals surface area (Å²) < 4.78 is 51.6. The number of carbonyl (C=O) groups is 1. The number of hydrogen-bond donors (Lipinski definition) is 1. The van der Waals surface area contributed by atoms with Crippen LogP contribution in [0, 0.1) is 5.82 Å². The molecule has 1 heterocycles. The number of ether oxygens (including phenoxy) is 2. The van der Waals surface area contributed by atoms with E-state index in [0.29, 0.717) is 56.5 Å². The Balaban J connectivity index is 1.89. The van der Waals surface area contributed by atoms with Crippen LogP contribution < -0.4 is 15.0 Å². The lowest BCUT2D eigenvalue weighted by atomic mass is 10.2. The summed E-state index contributed by atoms with van der Waals surface area (Å²) in [5.74, 6) is -0.502. The van der Waals surface area contributed by atoms with Crippen LogP contribution in [0.15, 0.2) is 47.4 Å². The summed E-state index contributed by atoms with van der Waals surface area (Å²) in [5.41, 5.74) is 1.09. The van der Waals surface area contributed by atoms with Crippen molar-refractivity contribution in [3.05, 3.63) is 48.3 Å². The molecule has 2 aromatic carbocycles. The monoisotopic (exact) mass is 479 g/mol. The molecule has 1 N–H and O–H groups in total. The Kier molecular flexibility index (Phi) is 8.28. The summed E-state index contributed by atoms with van der Waals surface area (Å²) in [4.78, 5) is 15.1. The average Bonchev–Trinajstić information content (AvgIpc) is 2.81. The van der Waals surface area contributed by atoms with Crippen LogP contribution in [0.3, 0.4) is 0 Å². The van der Waals surface area contributed by atoms with Gasteiger partial charge in [0.05, 0.1) is 29.5 Å². The van der Waals surface area contributed by atoms with Crippen LogP contribution in [0.25, 0.3) is 0 Å². The molecule has 1 saturated heterocycles. The summed E-state index contributed by atoms with van der Waals surface area (Å²) in [7, 11) is -3.71. The maximum atomic E-state index is 13.1. The Morgan fingerprint density at radius 1 is 1.15 bits per heavy atom. The van der Waals surface area contributed by atoms with Gasteiger partial charge in [-0.15, -0.1) is 0 Å². The van der Waals surface area contributed by atoms with Crippen LogP contribution in [0.5, 0.6) is 5.75 Å². The number of carbonyl (C=O) groups excluding carboxylic acids is 1. The lowest BCUT2D eigenvalue weighted by Crippen LogP contribution is -2.37. The SMILES string of the molecule is CCN(CC)S(=O)(=O)c1ccc(N2CCOCC2)c(NC(=O)[C@H](C)Oc2ccc(F)cc2)c1. The van der Waals surface area contributed by atoms with E-state index in [1.165, 1.54) is 34.6 Å². The third-order valence-electron chi connectivity index (χ3n) is 5.42. The van der Waals surface area contributed by atoms with E-state index in [4.69, 9.17) is 9.47 Å². The number of benzene rings is 2. The Morgan fingerprint density at radius 2 is 1.79 bits per heavy atom. The van der Waals surface area contributed by atoms with Crippen LogP contribution in [-0.4, -0.2) is 64.1 Å². The van der Waals surface area contributed by atoms with Crippen LogP contribution in [0.1, 0.15) is 20.8 Å². The third kappa shape index (κ3) is 6.01. The molecule has 3 rings (SSSR count). The molecule has 0 saturated carbocycles. The molecule has 33 heavy (non-hydrogen) atoms. The Labute approximate surface area is 194 Å². The maximum absolute atomic E-state index is 13.1. The van der Waals surface area contributed by atoms with Crippen molar-refractivity contribution in [3.8, 4) is 5.75 Å². The molecule has 0 aliphatic carbocycles. The Hall–Kier alpha value is -2.69. The minimum atomic E-state index is -3.71. The average molecular weight is 480 g/mol. The highest BCUT2D eigenvalue weighted by Gasteiger charge is 2.26. The van der Waals surface area contributed by atoms with E-state index in [2.05, 4.69) is 5.32 Å². The van der Waals surface area contributed by atoms with Crippen molar-refractivity contribution in [2.45, 2.75) is 31.8 Å². The van der Waals surface area contributed by atoms with E-state index in [1.54, 1.807) is 32.9 Å². The molecule has 8 nitrogen and oxygen atoms in total. The molecule has 1 aliphatic heterocycles. The van der Waals surface area contributed by atoms with E-state index in [9.17, 15) is 17.6 Å². The highest BCUT2D eigenvalue weighted by atomic mass is 32.2. The van der Waals surface area contributed by atoms with Crippen molar-refractivity contribution >= 4 is 27.3 Å². The Morgan fingerprint density at radius 3 is 2.39 bits per heavy atom. The minimum absolute atomic E-state index is 0.102. The first-order chi connectivity index (χ1) is 15.8. The largest absolute Gasteiger partial charge is 0.481 e. The van der Waals surface area contributed by atoms with E-state index in [0.717, 1.165) is 0 Å². The summed E-state index contributed by atoms with van der Waals surface area (Å²) >= 11 is 0. The van der Waals surface area contributed by atoms with Gasteiger partial charge in [-0.25, -0.2) is 12.8 Å². The molecule has 0 spiro atoms. The number of amides is 1. The molecule has 0 radical (unpaired) electrons. The standard InChI is InChI=1S/C23H30FN3O5S/c1-4-27(5-2)33(29,30)20-10-11-22(26-12-14-31-15-13-26)21(16-20)25-23(28)17(3)32-19-8-6-18(24)7-9-19/h6-11,16-17H,4-5,12-15H2,1-3H3,(H,25,28)/t17-/m0/s1. The van der Waals surface area contributed by atoms with Gasteiger partial charge in [0, 0.05) is 26.2 Å². The molecule has 0 bridgehead atoms. The fraction of sp³-hybridized carbons (Fsp3) is 0.435. The fourth-order valence-electron chi connectivity index (χ4n) is 3.57. The van der Waals surface area contributed by atoms with Crippen LogP contribution >= 0.6 is 0 Å². The van der Waals surface area contributed by atoms with Gasteiger partial charge >= 0.3 is 0 Å². The van der Waals surface area contributed by atoms with Gasteiger partial charge in [-0.3, -0.25) is 4.79 Å². The van der Waals surface area contributed by atoms with Gasteiger partial charge < -0.3 is 19.7 Å². The van der Waals surface area contributed by atoms with Gasteiger partial charge in [0.15, 0.2) is 6.10 Å². The van der Waals surface area contributed by atoms with Gasteiger partial charge in [-0.1, -0.05) is 13.8 Å². The number of morpholine rings is 1. The van der Waals surface area contributed by atoms with Gasteiger partial charge in [-0.2, -0.15) is 4.31 Å². The first kappa shape index (κ1) is 24.9. The van der Waals surface area contributed by atoms with Crippen molar-refractivity contribution in [2.75, 3.05) is 49.6 Å². The molecule has 1 atom stereocenters. The summed E-state index contributed by atoms with van der Waals surface area (Å²) in [6, 6.07) is 10.1. The van der Waals surface area contributed by atoms with Crippen molar-refractivity contribution in [3.63, 3.8) is 0 Å². The molecule has 0 aromatic heterocycles. The van der Waals surface area contributed by atoms with Gasteiger partial charge in [0.1, 0.15) is 11.6 Å². The molecule has 0 unspecified atom stereocenters. The molecule has 1 aliphatic rings. The maximum Gasteiger partial charge on any atom is 0.265 e. The van der Waals surface area contributed by atoms with Crippen molar-refractivity contribution in [1.29, 1.82) is 0 Å². The van der Waals surface area contributed by atoms with Crippen molar-refractivity contribution < 1.29 is 27.1 Å². The number of nitrogens with zero attached hydrogens (tertiary/aromatic N) is 2.